The highest BCUT2D eigenvalue weighted by atomic mass is 19.1. The van der Waals surface area contributed by atoms with Gasteiger partial charge in [-0.2, -0.15) is 0 Å². The summed E-state index contributed by atoms with van der Waals surface area (Å²) < 4.78 is 19.1. The molecule has 1 aromatic carbocycles. The van der Waals surface area contributed by atoms with Gasteiger partial charge in [0.15, 0.2) is 0 Å². The fourth-order valence-electron chi connectivity index (χ4n) is 2.14. The van der Waals surface area contributed by atoms with Crippen LogP contribution in [0.15, 0.2) is 24.3 Å². The molecular formula is C16H22FNO4. The molecule has 1 amide bonds. The van der Waals surface area contributed by atoms with Gasteiger partial charge in [0.05, 0.1) is 0 Å². The number of ether oxygens (including phenoxy) is 1. The van der Waals surface area contributed by atoms with Crippen molar-refractivity contribution >= 4 is 12.1 Å². The zero-order valence-corrected chi connectivity index (χ0v) is 13.3. The number of halogens is 1. The number of aliphatic carboxylic acids is 1. The first-order chi connectivity index (χ1) is 10.1. The molecule has 1 atom stereocenters. The smallest absolute Gasteiger partial charge is 0.407 e. The molecule has 1 aromatic rings. The average Bonchev–Trinajstić information content (AvgIpc) is 2.39. The van der Waals surface area contributed by atoms with E-state index in [2.05, 4.69) is 5.32 Å². The maximum absolute atomic E-state index is 14.0. The van der Waals surface area contributed by atoms with Crippen molar-refractivity contribution in [3.63, 3.8) is 0 Å². The molecule has 22 heavy (non-hydrogen) atoms. The van der Waals surface area contributed by atoms with E-state index >= 15 is 0 Å². The van der Waals surface area contributed by atoms with Crippen LogP contribution in [-0.2, 0) is 14.9 Å². The summed E-state index contributed by atoms with van der Waals surface area (Å²) in [6, 6.07) is 5.68. The Bertz CT molecular complexity index is 553. The summed E-state index contributed by atoms with van der Waals surface area (Å²) in [7, 11) is 0. The first kappa shape index (κ1) is 17.9. The Labute approximate surface area is 129 Å². The number of benzene rings is 1. The van der Waals surface area contributed by atoms with Crippen LogP contribution in [0.5, 0.6) is 0 Å². The zero-order valence-electron chi connectivity index (χ0n) is 13.3. The molecule has 5 nitrogen and oxygen atoms in total. The summed E-state index contributed by atoms with van der Waals surface area (Å²) in [5.74, 6) is -1.81. The Morgan fingerprint density at radius 1 is 1.27 bits per heavy atom. The lowest BCUT2D eigenvalue weighted by Crippen LogP contribution is -2.47. The van der Waals surface area contributed by atoms with E-state index in [-0.39, 0.29) is 18.5 Å². The molecule has 0 bridgehead atoms. The molecule has 0 heterocycles. The van der Waals surface area contributed by atoms with Gasteiger partial charge >= 0.3 is 12.1 Å². The van der Waals surface area contributed by atoms with Gasteiger partial charge in [0, 0.05) is 12.1 Å². The monoisotopic (exact) mass is 311 g/mol. The van der Waals surface area contributed by atoms with Crippen LogP contribution >= 0.6 is 0 Å². The second-order valence-electron chi connectivity index (χ2n) is 6.08. The molecule has 0 saturated heterocycles. The third-order valence-corrected chi connectivity index (χ3v) is 3.34. The van der Waals surface area contributed by atoms with Gasteiger partial charge in [-0.05, 0) is 33.3 Å². The number of rotatable bonds is 5. The van der Waals surface area contributed by atoms with Crippen molar-refractivity contribution in [1.82, 2.24) is 5.32 Å². The van der Waals surface area contributed by atoms with Crippen molar-refractivity contribution in [2.75, 3.05) is 6.54 Å². The molecule has 1 rings (SSSR count). The molecule has 1 unspecified atom stereocenters. The number of amides is 1. The Morgan fingerprint density at radius 3 is 2.32 bits per heavy atom. The average molecular weight is 311 g/mol. The van der Waals surface area contributed by atoms with Gasteiger partial charge < -0.3 is 15.2 Å². The molecule has 0 aliphatic carbocycles. The van der Waals surface area contributed by atoms with Crippen molar-refractivity contribution in [2.24, 2.45) is 0 Å². The van der Waals surface area contributed by atoms with Crippen LogP contribution in [0, 0.1) is 5.82 Å². The topological polar surface area (TPSA) is 75.6 Å². The minimum atomic E-state index is -1.54. The van der Waals surface area contributed by atoms with Crippen molar-refractivity contribution in [1.29, 1.82) is 0 Å². The van der Waals surface area contributed by atoms with Crippen LogP contribution < -0.4 is 5.32 Å². The summed E-state index contributed by atoms with van der Waals surface area (Å²) in [6.45, 7) is 6.49. The first-order valence-electron chi connectivity index (χ1n) is 7.07. The molecular weight excluding hydrogens is 289 g/mol. The normalized spacial score (nSPS) is 14.0. The highest BCUT2D eigenvalue weighted by Crippen LogP contribution is 2.30. The Hall–Kier alpha value is -2.11. The number of nitrogens with one attached hydrogen (secondary N) is 1. The van der Waals surface area contributed by atoms with E-state index in [0.717, 1.165) is 0 Å². The summed E-state index contributed by atoms with van der Waals surface area (Å²) in [4.78, 5) is 23.5. The van der Waals surface area contributed by atoms with E-state index in [1.165, 1.54) is 18.2 Å². The Kier molecular flexibility index (Phi) is 5.52. The fraction of sp³-hybridized carbons (Fsp3) is 0.500. The largest absolute Gasteiger partial charge is 0.481 e. The summed E-state index contributed by atoms with van der Waals surface area (Å²) in [5, 5.41) is 12.0. The number of carbonyl (C=O) groups excluding carboxylic acids is 1. The molecule has 122 valence electrons. The van der Waals surface area contributed by atoms with Crippen molar-refractivity contribution in [3.8, 4) is 0 Å². The maximum atomic E-state index is 14.0. The third kappa shape index (κ3) is 4.19. The van der Waals surface area contributed by atoms with Crippen LogP contribution in [0.25, 0.3) is 0 Å². The van der Waals surface area contributed by atoms with Gasteiger partial charge in [0.25, 0.3) is 0 Å². The lowest BCUT2D eigenvalue weighted by Gasteiger charge is -2.30. The molecule has 0 saturated carbocycles. The number of carbonyl (C=O) groups is 2. The number of hydrogen-bond donors (Lipinski definition) is 2. The third-order valence-electron chi connectivity index (χ3n) is 3.34. The van der Waals surface area contributed by atoms with E-state index in [9.17, 15) is 19.1 Å². The standard InChI is InChI=1S/C16H22FNO4/c1-5-16(13(19)20,11-8-6-7-9-12(11)17)10-18-14(21)22-15(2,3)4/h6-9H,5,10H2,1-4H3,(H,18,21)(H,19,20). The van der Waals surface area contributed by atoms with Crippen LogP contribution in [-0.4, -0.2) is 29.3 Å². The van der Waals surface area contributed by atoms with Crippen LogP contribution in [0.1, 0.15) is 39.7 Å². The number of carboxylic acid groups (broad SMARTS) is 1. The minimum absolute atomic E-state index is 0.0426. The number of hydrogen-bond acceptors (Lipinski definition) is 3. The molecule has 6 heteroatoms. The highest BCUT2D eigenvalue weighted by molar-refractivity contribution is 5.82. The second kappa shape index (κ2) is 6.77. The summed E-state index contributed by atoms with van der Waals surface area (Å²) in [6.07, 6.45) is -0.609. The fourth-order valence-corrected chi connectivity index (χ4v) is 2.14. The van der Waals surface area contributed by atoms with E-state index < -0.39 is 28.9 Å². The molecule has 0 fully saturated rings. The van der Waals surface area contributed by atoms with Crippen molar-refractivity contribution in [2.45, 2.75) is 45.1 Å². The minimum Gasteiger partial charge on any atom is -0.481 e. The molecule has 0 aliphatic rings. The quantitative estimate of drug-likeness (QED) is 0.876. The van der Waals surface area contributed by atoms with Crippen molar-refractivity contribution < 1.29 is 23.8 Å². The number of carboxylic acids is 1. The predicted octanol–water partition coefficient (Wildman–Crippen LogP) is 3.08. The lowest BCUT2D eigenvalue weighted by atomic mass is 9.77. The lowest BCUT2D eigenvalue weighted by molar-refractivity contribution is -0.144. The molecule has 0 spiro atoms. The SMILES string of the molecule is CCC(CNC(=O)OC(C)(C)C)(C(=O)O)c1ccccc1F. The molecule has 0 aliphatic heterocycles. The van der Waals surface area contributed by atoms with Crippen LogP contribution in [0.4, 0.5) is 9.18 Å². The van der Waals surface area contributed by atoms with E-state index in [4.69, 9.17) is 4.74 Å². The summed E-state index contributed by atoms with van der Waals surface area (Å²) in [5.41, 5.74) is -2.19. The van der Waals surface area contributed by atoms with Gasteiger partial charge in [-0.25, -0.2) is 9.18 Å². The first-order valence-corrected chi connectivity index (χ1v) is 7.07. The molecule has 0 aromatic heterocycles. The molecule has 2 N–H and O–H groups in total. The van der Waals surface area contributed by atoms with Crippen LogP contribution in [0.3, 0.4) is 0 Å². The Morgan fingerprint density at radius 2 is 1.86 bits per heavy atom. The van der Waals surface area contributed by atoms with Crippen molar-refractivity contribution in [3.05, 3.63) is 35.6 Å². The van der Waals surface area contributed by atoms with Gasteiger partial charge in [0.1, 0.15) is 16.8 Å². The van der Waals surface area contributed by atoms with Gasteiger partial charge in [-0.15, -0.1) is 0 Å². The second-order valence-corrected chi connectivity index (χ2v) is 6.08. The zero-order chi connectivity index (χ0) is 17.0. The Balaban J connectivity index is 3.03. The molecule has 0 radical (unpaired) electrons. The predicted molar refractivity (Wildman–Crippen MR) is 80.2 cm³/mol. The van der Waals surface area contributed by atoms with Gasteiger partial charge in [-0.1, -0.05) is 25.1 Å². The van der Waals surface area contributed by atoms with Crippen LogP contribution in [0.2, 0.25) is 0 Å². The van der Waals surface area contributed by atoms with E-state index in [1.54, 1.807) is 33.8 Å². The highest BCUT2D eigenvalue weighted by Gasteiger charge is 2.41. The number of alkyl carbamates (subject to hydrolysis) is 1. The van der Waals surface area contributed by atoms with Gasteiger partial charge in [-0.3, -0.25) is 4.79 Å². The van der Waals surface area contributed by atoms with E-state index in [1.807, 2.05) is 0 Å². The van der Waals surface area contributed by atoms with E-state index in [0.29, 0.717) is 0 Å². The maximum Gasteiger partial charge on any atom is 0.407 e. The summed E-state index contributed by atoms with van der Waals surface area (Å²) >= 11 is 0. The van der Waals surface area contributed by atoms with Gasteiger partial charge in [0.2, 0.25) is 0 Å².